The summed E-state index contributed by atoms with van der Waals surface area (Å²) in [5, 5.41) is 20.9. The van der Waals surface area contributed by atoms with Crippen molar-refractivity contribution in [1.82, 2.24) is 0 Å². The molecule has 0 heterocycles. The van der Waals surface area contributed by atoms with Crippen molar-refractivity contribution in [2.24, 2.45) is 40.4 Å². The Morgan fingerprint density at radius 1 is 1.19 bits per heavy atom. The van der Waals surface area contributed by atoms with Gasteiger partial charge in [-0.3, -0.25) is 0 Å². The molecule has 3 saturated carbocycles. The van der Waals surface area contributed by atoms with Crippen LogP contribution >= 0.6 is 0 Å². The Balaban J connectivity index is 1.55. The van der Waals surface area contributed by atoms with Crippen LogP contribution in [0.2, 0.25) is 18.1 Å². The first-order valence-electron chi connectivity index (χ1n) is 13.2. The van der Waals surface area contributed by atoms with Gasteiger partial charge in [0.1, 0.15) is 0 Å². The second-order valence-corrected chi connectivity index (χ2v) is 18.5. The molecule has 1 N–H and O–H groups in total. The largest absolute Gasteiger partial charge is 0.414 e. The maximum absolute atomic E-state index is 11.0. The van der Waals surface area contributed by atoms with Gasteiger partial charge in [0.15, 0.2) is 8.32 Å². The zero-order valence-corrected chi connectivity index (χ0v) is 22.9. The molecule has 32 heavy (non-hydrogen) atoms. The van der Waals surface area contributed by atoms with E-state index in [-0.39, 0.29) is 28.4 Å². The first kappa shape index (κ1) is 24.5. The van der Waals surface area contributed by atoms with E-state index in [4.69, 9.17) is 4.43 Å². The van der Waals surface area contributed by atoms with Crippen LogP contribution < -0.4 is 0 Å². The molecule has 0 bridgehead atoms. The van der Waals surface area contributed by atoms with Gasteiger partial charge in [0, 0.05) is 17.9 Å². The smallest absolute Gasteiger partial charge is 0.192 e. The van der Waals surface area contributed by atoms with Gasteiger partial charge in [0.25, 0.3) is 0 Å². The molecule has 1 unspecified atom stereocenters. The summed E-state index contributed by atoms with van der Waals surface area (Å²) in [6.07, 6.45) is 10.7. The normalized spacial score (nSPS) is 45.2. The highest BCUT2D eigenvalue weighted by Gasteiger charge is 2.62. The Morgan fingerprint density at radius 2 is 1.88 bits per heavy atom. The van der Waals surface area contributed by atoms with E-state index in [2.05, 4.69) is 59.9 Å². The van der Waals surface area contributed by atoms with Gasteiger partial charge in [-0.1, -0.05) is 46.3 Å². The minimum absolute atomic E-state index is 0.0650. The topological polar surface area (TPSA) is 53.2 Å². The van der Waals surface area contributed by atoms with Gasteiger partial charge >= 0.3 is 0 Å². The first-order valence-corrected chi connectivity index (χ1v) is 16.1. The van der Waals surface area contributed by atoms with Crippen LogP contribution in [0.1, 0.15) is 86.5 Å². The number of hydrogen-bond donors (Lipinski definition) is 1. The molecule has 0 aromatic heterocycles. The van der Waals surface area contributed by atoms with Crippen LogP contribution in [0, 0.1) is 51.8 Å². The van der Waals surface area contributed by atoms with E-state index >= 15 is 0 Å². The van der Waals surface area contributed by atoms with E-state index in [1.165, 1.54) is 25.7 Å². The number of allylic oxidation sites excluding steroid dienone is 1. The van der Waals surface area contributed by atoms with Crippen LogP contribution in [0.4, 0.5) is 0 Å². The number of aliphatic hydroxyl groups is 1. The van der Waals surface area contributed by atoms with Crippen molar-refractivity contribution in [3.05, 3.63) is 11.6 Å². The third-order valence-corrected chi connectivity index (χ3v) is 15.7. The molecule has 3 fully saturated rings. The summed E-state index contributed by atoms with van der Waals surface area (Å²) >= 11 is 0. The fraction of sp³-hybridized carbons (Fsp3) is 0.893. The van der Waals surface area contributed by atoms with E-state index in [0.717, 1.165) is 25.2 Å². The zero-order valence-electron chi connectivity index (χ0n) is 21.9. The van der Waals surface area contributed by atoms with Crippen LogP contribution in [0.25, 0.3) is 0 Å². The monoisotopic (exact) mass is 457 g/mol. The fourth-order valence-corrected chi connectivity index (χ4v) is 9.75. The van der Waals surface area contributed by atoms with Gasteiger partial charge in [-0.15, -0.1) is 0 Å². The highest BCUT2D eigenvalue weighted by atomic mass is 28.4. The van der Waals surface area contributed by atoms with Gasteiger partial charge in [0.05, 0.1) is 12.2 Å². The lowest BCUT2D eigenvalue weighted by Crippen LogP contribution is -2.52. The molecule has 9 atom stereocenters. The van der Waals surface area contributed by atoms with Crippen molar-refractivity contribution in [2.75, 3.05) is 0 Å². The van der Waals surface area contributed by atoms with Crippen molar-refractivity contribution >= 4 is 8.32 Å². The maximum Gasteiger partial charge on any atom is 0.192 e. The summed E-state index contributed by atoms with van der Waals surface area (Å²) in [6.45, 7) is 18.8. The molecule has 180 valence electrons. The third kappa shape index (κ3) is 3.66. The quantitative estimate of drug-likeness (QED) is 0.364. The number of rotatable bonds is 3. The van der Waals surface area contributed by atoms with Crippen LogP contribution in [0.15, 0.2) is 11.6 Å². The molecule has 4 heteroatoms. The SMILES string of the molecule is C[C@H](C#N)[C@H]1[C@@H](O)C[C@H]2[C@@H]3CC=C4C[C@@H](O[Si](C)(C)C(C)(C)C)CCC4(C)[C@H]3CC[C@]12C. The van der Waals surface area contributed by atoms with Crippen molar-refractivity contribution in [3.8, 4) is 6.07 Å². The van der Waals surface area contributed by atoms with Crippen molar-refractivity contribution in [2.45, 2.75) is 117 Å². The third-order valence-electron chi connectivity index (χ3n) is 11.2. The van der Waals surface area contributed by atoms with E-state index < -0.39 is 8.32 Å². The molecule has 0 aromatic carbocycles. The number of nitrogens with zero attached hydrogens (tertiary/aromatic N) is 1. The standard InChI is InChI=1S/C28H47NO2Si/c1-18(17-29)25-24(30)16-23-21-10-9-19-15-20(31-32(7,8)26(2,3)4)11-13-27(19,5)22(21)12-14-28(23,25)6/h9,18,20-25,30H,10-16H2,1-8H3/t18-,20+,21-,22+,23+,24+,25+,27?,28+/m1/s1. The Hall–Kier alpha value is -0.633. The molecular formula is C28H47NO2Si. The minimum Gasteiger partial charge on any atom is -0.414 e. The minimum atomic E-state index is -1.75. The van der Waals surface area contributed by atoms with Crippen LogP contribution in [0.5, 0.6) is 0 Å². The van der Waals surface area contributed by atoms with Crippen LogP contribution in [-0.2, 0) is 4.43 Å². The zero-order chi connectivity index (χ0) is 23.7. The molecule has 4 aliphatic rings. The van der Waals surface area contributed by atoms with Gasteiger partial charge in [-0.2, -0.15) is 5.26 Å². The molecule has 0 amide bonds. The van der Waals surface area contributed by atoms with Crippen molar-refractivity contribution < 1.29 is 9.53 Å². The molecule has 0 aliphatic heterocycles. The van der Waals surface area contributed by atoms with Gasteiger partial charge in [-0.05, 0) is 98.6 Å². The molecule has 4 rings (SSSR count). The maximum atomic E-state index is 11.0. The second kappa shape index (κ2) is 7.96. The Morgan fingerprint density at radius 3 is 2.50 bits per heavy atom. The molecular weight excluding hydrogens is 410 g/mol. The Kier molecular flexibility index (Phi) is 6.09. The molecule has 0 spiro atoms. The molecule has 0 saturated heterocycles. The Labute approximate surface area is 198 Å². The summed E-state index contributed by atoms with van der Waals surface area (Å²) in [6, 6.07) is 2.47. The predicted octanol–water partition coefficient (Wildman–Crippen LogP) is 7.09. The van der Waals surface area contributed by atoms with Crippen molar-refractivity contribution in [3.63, 3.8) is 0 Å². The summed E-state index contributed by atoms with van der Waals surface area (Å²) in [5.41, 5.74) is 2.07. The van der Waals surface area contributed by atoms with Gasteiger partial charge in [0.2, 0.25) is 0 Å². The van der Waals surface area contributed by atoms with Gasteiger partial charge in [-0.25, -0.2) is 0 Å². The summed E-state index contributed by atoms with van der Waals surface area (Å²) in [7, 11) is -1.75. The molecule has 3 nitrogen and oxygen atoms in total. The molecule has 4 aliphatic carbocycles. The fourth-order valence-electron chi connectivity index (χ4n) is 8.36. The summed E-state index contributed by atoms with van der Waals surface area (Å²) in [5.74, 6) is 1.99. The van der Waals surface area contributed by atoms with Crippen LogP contribution in [-0.4, -0.2) is 25.6 Å². The molecule has 0 radical (unpaired) electrons. The van der Waals surface area contributed by atoms with Gasteiger partial charge < -0.3 is 9.53 Å². The van der Waals surface area contributed by atoms with E-state index in [0.29, 0.717) is 23.4 Å². The second-order valence-electron chi connectivity index (χ2n) is 13.8. The van der Waals surface area contributed by atoms with E-state index in [1.807, 2.05) is 6.92 Å². The molecule has 0 aromatic rings. The summed E-state index contributed by atoms with van der Waals surface area (Å²) in [4.78, 5) is 0. The van der Waals surface area contributed by atoms with Crippen LogP contribution in [0.3, 0.4) is 0 Å². The average Bonchev–Trinajstić information content (AvgIpc) is 2.96. The average molecular weight is 458 g/mol. The number of fused-ring (bicyclic) bond motifs is 5. The van der Waals surface area contributed by atoms with Crippen molar-refractivity contribution in [1.29, 1.82) is 5.26 Å². The number of hydrogen-bond acceptors (Lipinski definition) is 3. The highest BCUT2D eigenvalue weighted by Crippen LogP contribution is 2.67. The lowest BCUT2D eigenvalue weighted by atomic mass is 9.47. The Bertz CT molecular complexity index is 807. The number of aliphatic hydroxyl groups excluding tert-OH is 1. The first-order chi connectivity index (χ1) is 14.7. The highest BCUT2D eigenvalue weighted by molar-refractivity contribution is 6.74. The van der Waals surface area contributed by atoms with E-state index in [1.54, 1.807) is 5.57 Å². The van der Waals surface area contributed by atoms with E-state index in [9.17, 15) is 10.4 Å². The predicted molar refractivity (Wildman–Crippen MR) is 133 cm³/mol. The number of nitriles is 1. The lowest BCUT2D eigenvalue weighted by molar-refractivity contribution is -0.0562. The lowest BCUT2D eigenvalue weighted by Gasteiger charge is -2.58. The summed E-state index contributed by atoms with van der Waals surface area (Å²) < 4.78 is 6.86.